The maximum Gasteiger partial charge on any atom is 0.0893 e. The van der Waals surface area contributed by atoms with Gasteiger partial charge in [0.15, 0.2) is 0 Å². The highest BCUT2D eigenvalue weighted by Gasteiger charge is 2.29. The van der Waals surface area contributed by atoms with Gasteiger partial charge in [-0.2, -0.15) is 0 Å². The molecule has 0 saturated carbocycles. The molecule has 14 heavy (non-hydrogen) atoms. The number of benzene rings is 1. The van der Waals surface area contributed by atoms with Gasteiger partial charge in [0.1, 0.15) is 0 Å². The molecule has 0 spiro atoms. The summed E-state index contributed by atoms with van der Waals surface area (Å²) in [6.07, 6.45) is -0.0614. The lowest BCUT2D eigenvalue weighted by Gasteiger charge is -2.31. The lowest BCUT2D eigenvalue weighted by atomic mass is 9.83. The molecule has 0 bridgehead atoms. The van der Waals surface area contributed by atoms with Gasteiger partial charge in [0, 0.05) is 12.5 Å². The van der Waals surface area contributed by atoms with Crippen LogP contribution in [-0.2, 0) is 4.74 Å². The van der Waals surface area contributed by atoms with Crippen molar-refractivity contribution in [1.29, 1.82) is 0 Å². The number of hydrogen-bond donors (Lipinski definition) is 1. The summed E-state index contributed by atoms with van der Waals surface area (Å²) in [5, 5.41) is 9.28. The number of aliphatic hydroxyl groups excluding tert-OH is 1. The van der Waals surface area contributed by atoms with E-state index in [2.05, 4.69) is 0 Å². The van der Waals surface area contributed by atoms with Crippen LogP contribution in [0.1, 0.15) is 25.5 Å². The van der Waals surface area contributed by atoms with Gasteiger partial charge in [-0.1, -0.05) is 44.2 Å². The van der Waals surface area contributed by atoms with E-state index in [-0.39, 0.29) is 18.1 Å². The highest BCUT2D eigenvalue weighted by molar-refractivity contribution is 5.19. The summed E-state index contributed by atoms with van der Waals surface area (Å²) >= 11 is 0. The van der Waals surface area contributed by atoms with Crippen LogP contribution in [0.5, 0.6) is 0 Å². The van der Waals surface area contributed by atoms with Gasteiger partial charge in [-0.15, -0.1) is 0 Å². The molecule has 0 amide bonds. The predicted octanol–water partition coefficient (Wildman–Crippen LogP) is 2.39. The van der Waals surface area contributed by atoms with Crippen molar-refractivity contribution in [3.63, 3.8) is 0 Å². The molecule has 1 atom stereocenters. The zero-order valence-electron chi connectivity index (χ0n) is 9.03. The molecule has 0 aliphatic rings. The molecule has 2 nitrogen and oxygen atoms in total. The lowest BCUT2D eigenvalue weighted by Crippen LogP contribution is -2.27. The van der Waals surface area contributed by atoms with E-state index in [1.807, 2.05) is 44.2 Å². The molecule has 78 valence electrons. The summed E-state index contributed by atoms with van der Waals surface area (Å²) in [4.78, 5) is 0. The third-order valence-corrected chi connectivity index (χ3v) is 2.46. The topological polar surface area (TPSA) is 29.5 Å². The summed E-state index contributed by atoms with van der Waals surface area (Å²) in [5.74, 6) is 0. The minimum atomic E-state index is -0.254. The van der Waals surface area contributed by atoms with Gasteiger partial charge in [0.2, 0.25) is 0 Å². The minimum Gasteiger partial charge on any atom is -0.396 e. The highest BCUT2D eigenvalue weighted by atomic mass is 16.5. The SMILES string of the molecule is CO[C@@H](c1ccccc1)C(C)(C)CO. The molecule has 0 saturated heterocycles. The zero-order chi connectivity index (χ0) is 10.6. The molecule has 1 rings (SSSR count). The van der Waals surface area contributed by atoms with Gasteiger partial charge in [0.05, 0.1) is 12.7 Å². The van der Waals surface area contributed by atoms with Crippen LogP contribution in [0, 0.1) is 5.41 Å². The molecule has 1 N–H and O–H groups in total. The van der Waals surface area contributed by atoms with E-state index in [9.17, 15) is 5.11 Å². The van der Waals surface area contributed by atoms with Crippen LogP contribution < -0.4 is 0 Å². The summed E-state index contributed by atoms with van der Waals surface area (Å²) in [6, 6.07) is 9.98. The third kappa shape index (κ3) is 2.34. The van der Waals surface area contributed by atoms with Gasteiger partial charge in [-0.3, -0.25) is 0 Å². The first-order chi connectivity index (χ1) is 6.61. The quantitative estimate of drug-likeness (QED) is 0.797. The Morgan fingerprint density at radius 1 is 1.29 bits per heavy atom. The average Bonchev–Trinajstić information content (AvgIpc) is 2.20. The van der Waals surface area contributed by atoms with Crippen LogP contribution >= 0.6 is 0 Å². The van der Waals surface area contributed by atoms with Crippen molar-refractivity contribution in [2.75, 3.05) is 13.7 Å². The molecular formula is C12H18O2. The van der Waals surface area contributed by atoms with Crippen LogP contribution in [-0.4, -0.2) is 18.8 Å². The molecule has 0 aromatic heterocycles. The van der Waals surface area contributed by atoms with E-state index in [0.29, 0.717) is 0 Å². The number of rotatable bonds is 4. The van der Waals surface area contributed by atoms with E-state index in [4.69, 9.17) is 4.74 Å². The Bertz CT molecular complexity index is 267. The standard InChI is InChI=1S/C12H18O2/c1-12(2,9-13)11(14-3)10-7-5-4-6-8-10/h4-8,11,13H,9H2,1-3H3/t11-/m0/s1. The summed E-state index contributed by atoms with van der Waals surface area (Å²) in [7, 11) is 1.68. The second kappa shape index (κ2) is 4.58. The molecule has 1 aromatic rings. The van der Waals surface area contributed by atoms with Crippen LogP contribution in [0.25, 0.3) is 0 Å². The molecule has 0 heterocycles. The van der Waals surface area contributed by atoms with Crippen molar-refractivity contribution in [2.45, 2.75) is 20.0 Å². The van der Waals surface area contributed by atoms with Crippen molar-refractivity contribution >= 4 is 0 Å². The lowest BCUT2D eigenvalue weighted by molar-refractivity contribution is -0.0255. The van der Waals surface area contributed by atoms with E-state index >= 15 is 0 Å². The van der Waals surface area contributed by atoms with E-state index in [0.717, 1.165) is 5.56 Å². The largest absolute Gasteiger partial charge is 0.396 e. The number of hydrogen-bond acceptors (Lipinski definition) is 2. The second-order valence-electron chi connectivity index (χ2n) is 4.17. The van der Waals surface area contributed by atoms with Crippen molar-refractivity contribution < 1.29 is 9.84 Å². The van der Waals surface area contributed by atoms with Gasteiger partial charge in [-0.05, 0) is 5.56 Å². The predicted molar refractivity (Wildman–Crippen MR) is 57.1 cm³/mol. The maximum absolute atomic E-state index is 9.28. The molecule has 0 radical (unpaired) electrons. The average molecular weight is 194 g/mol. The minimum absolute atomic E-state index is 0.0614. The Hall–Kier alpha value is -0.860. The Morgan fingerprint density at radius 3 is 2.29 bits per heavy atom. The van der Waals surface area contributed by atoms with Crippen LogP contribution in [0.3, 0.4) is 0 Å². The molecule has 0 aliphatic carbocycles. The molecule has 1 aromatic carbocycles. The monoisotopic (exact) mass is 194 g/mol. The molecule has 2 heteroatoms. The van der Waals surface area contributed by atoms with Gasteiger partial charge >= 0.3 is 0 Å². The maximum atomic E-state index is 9.28. The van der Waals surface area contributed by atoms with Crippen molar-refractivity contribution in [3.8, 4) is 0 Å². The second-order valence-corrected chi connectivity index (χ2v) is 4.17. The Balaban J connectivity index is 2.93. The Labute approximate surface area is 85.5 Å². The van der Waals surface area contributed by atoms with Crippen molar-refractivity contribution in [3.05, 3.63) is 35.9 Å². The first kappa shape index (κ1) is 11.2. The van der Waals surface area contributed by atoms with Crippen LogP contribution in [0.15, 0.2) is 30.3 Å². The summed E-state index contributed by atoms with van der Waals surface area (Å²) in [5.41, 5.74) is 0.852. The van der Waals surface area contributed by atoms with Crippen LogP contribution in [0.2, 0.25) is 0 Å². The Kier molecular flexibility index (Phi) is 3.67. The number of methoxy groups -OCH3 is 1. The highest BCUT2D eigenvalue weighted by Crippen LogP contribution is 2.35. The van der Waals surface area contributed by atoms with Crippen molar-refractivity contribution in [2.24, 2.45) is 5.41 Å². The first-order valence-electron chi connectivity index (χ1n) is 4.80. The third-order valence-electron chi connectivity index (χ3n) is 2.46. The van der Waals surface area contributed by atoms with Crippen molar-refractivity contribution in [1.82, 2.24) is 0 Å². The summed E-state index contributed by atoms with van der Waals surface area (Å²) < 4.78 is 5.43. The normalized spacial score (nSPS) is 14.0. The van der Waals surface area contributed by atoms with E-state index < -0.39 is 0 Å². The fourth-order valence-corrected chi connectivity index (χ4v) is 1.62. The number of aliphatic hydroxyl groups is 1. The molecule has 0 aliphatic heterocycles. The van der Waals surface area contributed by atoms with Gasteiger partial charge < -0.3 is 9.84 Å². The molecular weight excluding hydrogens is 176 g/mol. The fourth-order valence-electron chi connectivity index (χ4n) is 1.62. The van der Waals surface area contributed by atoms with E-state index in [1.54, 1.807) is 7.11 Å². The van der Waals surface area contributed by atoms with E-state index in [1.165, 1.54) is 0 Å². The molecule has 0 unspecified atom stereocenters. The smallest absolute Gasteiger partial charge is 0.0893 e. The molecule has 0 fully saturated rings. The Morgan fingerprint density at radius 2 is 1.86 bits per heavy atom. The zero-order valence-corrected chi connectivity index (χ0v) is 9.03. The summed E-state index contributed by atoms with van der Waals surface area (Å²) in [6.45, 7) is 4.10. The van der Waals surface area contributed by atoms with Gasteiger partial charge in [0.25, 0.3) is 0 Å². The fraction of sp³-hybridized carbons (Fsp3) is 0.500. The number of ether oxygens (including phenoxy) is 1. The first-order valence-corrected chi connectivity index (χ1v) is 4.80. The van der Waals surface area contributed by atoms with Crippen LogP contribution in [0.4, 0.5) is 0 Å². The van der Waals surface area contributed by atoms with Gasteiger partial charge in [-0.25, -0.2) is 0 Å².